The molecule has 1 amide bonds. The molecule has 1 aromatic carbocycles. The molecule has 0 spiro atoms. The number of benzene rings is 1. The number of carbonyl (C=O) groups is 2. The third kappa shape index (κ3) is 3.14. The number of aliphatic carboxylic acids is 1. The lowest BCUT2D eigenvalue weighted by atomic mass is 10.2. The number of nitrogens with one attached hydrogen (secondary N) is 1. The first-order valence-corrected chi connectivity index (χ1v) is 7.30. The van der Waals surface area contributed by atoms with Crippen molar-refractivity contribution in [3.63, 3.8) is 0 Å². The van der Waals surface area contributed by atoms with Crippen molar-refractivity contribution in [1.29, 1.82) is 0 Å². The predicted molar refractivity (Wildman–Crippen MR) is 78.0 cm³/mol. The number of amides is 1. The molecular weight excluding hydrogens is 288 g/mol. The number of carboxylic acids is 1. The summed E-state index contributed by atoms with van der Waals surface area (Å²) in [7, 11) is 0. The van der Waals surface area contributed by atoms with Gasteiger partial charge in [-0.1, -0.05) is 0 Å². The Balaban J connectivity index is 1.51. The van der Waals surface area contributed by atoms with Crippen molar-refractivity contribution in [3.05, 3.63) is 18.2 Å². The summed E-state index contributed by atoms with van der Waals surface area (Å²) in [5.41, 5.74) is 0.644. The molecule has 1 aromatic rings. The average Bonchev–Trinajstić information content (AvgIpc) is 3.13. The summed E-state index contributed by atoms with van der Waals surface area (Å²) in [6.07, 6.45) is 1.78. The van der Waals surface area contributed by atoms with E-state index in [0.717, 1.165) is 13.0 Å². The second kappa shape index (κ2) is 6.23. The van der Waals surface area contributed by atoms with Crippen LogP contribution in [0.25, 0.3) is 0 Å². The second-order valence-electron chi connectivity index (χ2n) is 5.40. The largest absolute Gasteiger partial charge is 0.480 e. The van der Waals surface area contributed by atoms with Gasteiger partial charge in [-0.2, -0.15) is 0 Å². The van der Waals surface area contributed by atoms with Gasteiger partial charge in [0.25, 0.3) is 0 Å². The highest BCUT2D eigenvalue weighted by atomic mass is 16.7. The first kappa shape index (κ1) is 14.6. The molecule has 2 aliphatic rings. The molecule has 118 valence electrons. The number of carbonyl (C=O) groups excluding carboxylic acids is 1. The number of carboxylic acid groups (broad SMARTS) is 1. The number of anilines is 1. The van der Waals surface area contributed by atoms with E-state index in [1.807, 2.05) is 4.90 Å². The number of ether oxygens (including phenoxy) is 2. The summed E-state index contributed by atoms with van der Waals surface area (Å²) in [4.78, 5) is 24.9. The van der Waals surface area contributed by atoms with Gasteiger partial charge in [-0.25, -0.2) is 0 Å². The van der Waals surface area contributed by atoms with Crippen LogP contribution >= 0.6 is 0 Å². The van der Waals surface area contributed by atoms with Crippen molar-refractivity contribution < 1.29 is 24.2 Å². The zero-order chi connectivity index (χ0) is 15.5. The number of hydrogen-bond acceptors (Lipinski definition) is 5. The summed E-state index contributed by atoms with van der Waals surface area (Å²) in [6.45, 7) is 1.37. The predicted octanol–water partition coefficient (Wildman–Crippen LogP) is 1.29. The van der Waals surface area contributed by atoms with E-state index in [1.54, 1.807) is 18.2 Å². The van der Waals surface area contributed by atoms with E-state index < -0.39 is 12.0 Å². The van der Waals surface area contributed by atoms with Crippen LogP contribution < -0.4 is 14.8 Å². The molecule has 1 fully saturated rings. The molecule has 1 atom stereocenters. The molecule has 2 heterocycles. The van der Waals surface area contributed by atoms with Gasteiger partial charge in [-0.05, 0) is 31.5 Å². The maximum Gasteiger partial charge on any atom is 0.320 e. The molecular formula is C15H18N2O5. The maximum absolute atomic E-state index is 12.0. The van der Waals surface area contributed by atoms with Crippen LogP contribution in [0.5, 0.6) is 11.5 Å². The van der Waals surface area contributed by atoms with Gasteiger partial charge in [0.05, 0.1) is 0 Å². The molecule has 2 N–H and O–H groups in total. The van der Waals surface area contributed by atoms with Crippen LogP contribution in [0.3, 0.4) is 0 Å². The van der Waals surface area contributed by atoms with Gasteiger partial charge in [0.1, 0.15) is 6.04 Å². The average molecular weight is 306 g/mol. The molecule has 22 heavy (non-hydrogen) atoms. The highest BCUT2D eigenvalue weighted by Gasteiger charge is 2.30. The lowest BCUT2D eigenvalue weighted by Gasteiger charge is -2.20. The molecule has 7 nitrogen and oxygen atoms in total. The molecule has 0 aliphatic carbocycles. The molecule has 2 aliphatic heterocycles. The number of rotatable bonds is 5. The highest BCUT2D eigenvalue weighted by Crippen LogP contribution is 2.34. The van der Waals surface area contributed by atoms with Gasteiger partial charge in [-0.15, -0.1) is 0 Å². The van der Waals surface area contributed by atoms with Gasteiger partial charge in [0, 0.05) is 24.7 Å². The SMILES string of the molecule is O=C(CCN1CCC[C@H]1C(=O)O)Nc1ccc2c(c1)OCO2. The molecule has 0 radical (unpaired) electrons. The Morgan fingerprint density at radius 2 is 2.14 bits per heavy atom. The Bertz CT molecular complexity index is 589. The molecule has 0 aromatic heterocycles. The molecule has 3 rings (SSSR count). The second-order valence-corrected chi connectivity index (χ2v) is 5.40. The summed E-state index contributed by atoms with van der Waals surface area (Å²) < 4.78 is 10.5. The van der Waals surface area contributed by atoms with Crippen molar-refractivity contribution in [2.75, 3.05) is 25.2 Å². The minimum Gasteiger partial charge on any atom is -0.480 e. The van der Waals surface area contributed by atoms with E-state index in [4.69, 9.17) is 14.6 Å². The van der Waals surface area contributed by atoms with Crippen molar-refractivity contribution >= 4 is 17.6 Å². The zero-order valence-electron chi connectivity index (χ0n) is 12.1. The van der Waals surface area contributed by atoms with Gasteiger partial charge in [0.15, 0.2) is 11.5 Å². The quantitative estimate of drug-likeness (QED) is 0.852. The zero-order valence-corrected chi connectivity index (χ0v) is 12.1. The Kier molecular flexibility index (Phi) is 4.15. The number of likely N-dealkylation sites (tertiary alicyclic amines) is 1. The smallest absolute Gasteiger partial charge is 0.320 e. The van der Waals surface area contributed by atoms with Crippen LogP contribution in [-0.4, -0.2) is 47.8 Å². The van der Waals surface area contributed by atoms with Gasteiger partial charge >= 0.3 is 5.97 Å². The van der Waals surface area contributed by atoms with Gasteiger partial charge in [-0.3, -0.25) is 14.5 Å². The van der Waals surface area contributed by atoms with Crippen LogP contribution in [0.2, 0.25) is 0 Å². The fourth-order valence-corrected chi connectivity index (χ4v) is 2.82. The molecule has 0 saturated carbocycles. The monoisotopic (exact) mass is 306 g/mol. The van der Waals surface area contributed by atoms with Gasteiger partial charge < -0.3 is 19.9 Å². The highest BCUT2D eigenvalue weighted by molar-refractivity contribution is 5.91. The summed E-state index contributed by atoms with van der Waals surface area (Å²) in [5, 5.41) is 11.9. The molecule has 0 bridgehead atoms. The summed E-state index contributed by atoms with van der Waals surface area (Å²) in [5.74, 6) is 0.325. The summed E-state index contributed by atoms with van der Waals surface area (Å²) >= 11 is 0. The van der Waals surface area contributed by atoms with E-state index in [1.165, 1.54) is 0 Å². The van der Waals surface area contributed by atoms with Crippen molar-refractivity contribution in [2.45, 2.75) is 25.3 Å². The van der Waals surface area contributed by atoms with Crippen LogP contribution in [-0.2, 0) is 9.59 Å². The number of nitrogens with zero attached hydrogens (tertiary/aromatic N) is 1. The summed E-state index contributed by atoms with van der Waals surface area (Å²) in [6, 6.07) is 4.76. The topological polar surface area (TPSA) is 88.1 Å². The number of fused-ring (bicyclic) bond motifs is 1. The van der Waals surface area contributed by atoms with Crippen LogP contribution in [0, 0.1) is 0 Å². The van der Waals surface area contributed by atoms with E-state index in [-0.39, 0.29) is 19.1 Å². The first-order valence-electron chi connectivity index (χ1n) is 7.30. The molecule has 7 heteroatoms. The van der Waals surface area contributed by atoms with Crippen molar-refractivity contribution in [1.82, 2.24) is 4.90 Å². The van der Waals surface area contributed by atoms with Crippen LogP contribution in [0.15, 0.2) is 18.2 Å². The van der Waals surface area contributed by atoms with Crippen molar-refractivity contribution in [2.24, 2.45) is 0 Å². The third-order valence-corrected chi connectivity index (χ3v) is 3.93. The van der Waals surface area contributed by atoms with E-state index in [2.05, 4.69) is 5.32 Å². The normalized spacial score (nSPS) is 20.1. The minimum atomic E-state index is -0.811. The van der Waals surface area contributed by atoms with Crippen LogP contribution in [0.4, 0.5) is 5.69 Å². The lowest BCUT2D eigenvalue weighted by molar-refractivity contribution is -0.142. The lowest BCUT2D eigenvalue weighted by Crippen LogP contribution is -2.37. The standard InChI is InChI=1S/C15H18N2O5/c18-14(5-7-17-6-1-2-11(17)15(19)20)16-10-3-4-12-13(8-10)22-9-21-12/h3-4,8,11H,1-2,5-7,9H2,(H,16,18)(H,19,20)/t11-/m0/s1. The number of hydrogen-bond donors (Lipinski definition) is 2. The van der Waals surface area contributed by atoms with E-state index >= 15 is 0 Å². The minimum absolute atomic E-state index is 0.144. The molecule has 0 unspecified atom stereocenters. The van der Waals surface area contributed by atoms with Crippen LogP contribution in [0.1, 0.15) is 19.3 Å². The molecule has 1 saturated heterocycles. The van der Waals surface area contributed by atoms with Crippen molar-refractivity contribution in [3.8, 4) is 11.5 Å². The van der Waals surface area contributed by atoms with E-state index in [0.29, 0.717) is 30.2 Å². The maximum atomic E-state index is 12.0. The Morgan fingerprint density at radius 1 is 1.32 bits per heavy atom. The fourth-order valence-electron chi connectivity index (χ4n) is 2.82. The Labute approximate surface area is 127 Å². The third-order valence-electron chi connectivity index (χ3n) is 3.93. The Hall–Kier alpha value is -2.28. The Morgan fingerprint density at radius 3 is 2.95 bits per heavy atom. The fraction of sp³-hybridized carbons (Fsp3) is 0.467. The first-order chi connectivity index (χ1) is 10.6. The van der Waals surface area contributed by atoms with Gasteiger partial charge in [0.2, 0.25) is 12.7 Å². The van der Waals surface area contributed by atoms with E-state index in [9.17, 15) is 9.59 Å².